The van der Waals surface area contributed by atoms with E-state index >= 15 is 0 Å². The number of hydrogen-bond donors (Lipinski definition) is 1. The van der Waals surface area contributed by atoms with Crippen molar-refractivity contribution in [3.05, 3.63) is 35.1 Å². The van der Waals surface area contributed by atoms with Gasteiger partial charge in [0.15, 0.2) is 0 Å². The number of benzene rings is 1. The molecule has 0 radical (unpaired) electrons. The van der Waals surface area contributed by atoms with Gasteiger partial charge in [0, 0.05) is 0 Å². The number of aryl methyl sites for hydroxylation is 1. The van der Waals surface area contributed by atoms with Crippen LogP contribution in [0.25, 0.3) is 0 Å². The van der Waals surface area contributed by atoms with Crippen LogP contribution in [0, 0.1) is 18.7 Å². The zero-order chi connectivity index (χ0) is 10.8. The highest BCUT2D eigenvalue weighted by atomic mass is 19.1. The van der Waals surface area contributed by atoms with E-state index in [9.17, 15) is 9.50 Å². The van der Waals surface area contributed by atoms with Gasteiger partial charge in [0.05, 0.1) is 6.10 Å². The van der Waals surface area contributed by atoms with Crippen molar-refractivity contribution in [2.75, 3.05) is 0 Å². The highest BCUT2D eigenvalue weighted by Crippen LogP contribution is 2.35. The number of aliphatic hydroxyl groups is 1. The van der Waals surface area contributed by atoms with Gasteiger partial charge >= 0.3 is 0 Å². The fourth-order valence-electron chi connectivity index (χ4n) is 2.48. The van der Waals surface area contributed by atoms with Crippen LogP contribution in [0.15, 0.2) is 18.2 Å². The maximum absolute atomic E-state index is 13.2. The summed E-state index contributed by atoms with van der Waals surface area (Å²) in [4.78, 5) is 0. The topological polar surface area (TPSA) is 20.2 Å². The quantitative estimate of drug-likeness (QED) is 0.790. The second kappa shape index (κ2) is 4.31. The molecule has 1 atom stereocenters. The average molecular weight is 208 g/mol. The zero-order valence-corrected chi connectivity index (χ0v) is 9.04. The van der Waals surface area contributed by atoms with Crippen LogP contribution in [0.1, 0.15) is 42.9 Å². The first-order valence-electron chi connectivity index (χ1n) is 5.62. The summed E-state index contributed by atoms with van der Waals surface area (Å²) in [6.07, 6.45) is 4.03. The summed E-state index contributed by atoms with van der Waals surface area (Å²) in [6.45, 7) is 1.86. The maximum atomic E-state index is 13.2. The fraction of sp³-hybridized carbons (Fsp3) is 0.538. The third-order valence-corrected chi connectivity index (χ3v) is 3.25. The van der Waals surface area contributed by atoms with E-state index in [0.29, 0.717) is 5.92 Å². The van der Waals surface area contributed by atoms with Crippen LogP contribution in [0.4, 0.5) is 4.39 Å². The summed E-state index contributed by atoms with van der Waals surface area (Å²) >= 11 is 0. The smallest absolute Gasteiger partial charge is 0.123 e. The van der Waals surface area contributed by atoms with Gasteiger partial charge in [-0.3, -0.25) is 0 Å². The highest BCUT2D eigenvalue weighted by Gasteiger charge is 2.24. The lowest BCUT2D eigenvalue weighted by atomic mass is 9.93. The van der Waals surface area contributed by atoms with Gasteiger partial charge in [-0.1, -0.05) is 18.9 Å². The number of aliphatic hydroxyl groups excluding tert-OH is 1. The molecule has 0 aliphatic heterocycles. The molecule has 82 valence electrons. The van der Waals surface area contributed by atoms with Gasteiger partial charge in [0.2, 0.25) is 0 Å². The van der Waals surface area contributed by atoms with Crippen LogP contribution in [-0.2, 0) is 0 Å². The minimum atomic E-state index is -0.484. The second-order valence-electron chi connectivity index (χ2n) is 4.55. The van der Waals surface area contributed by atoms with Crippen LogP contribution >= 0.6 is 0 Å². The molecule has 1 aliphatic rings. The molecule has 1 N–H and O–H groups in total. The van der Waals surface area contributed by atoms with Crippen LogP contribution in [0.3, 0.4) is 0 Å². The monoisotopic (exact) mass is 208 g/mol. The van der Waals surface area contributed by atoms with Crippen molar-refractivity contribution < 1.29 is 9.50 Å². The van der Waals surface area contributed by atoms with E-state index in [1.807, 2.05) is 13.0 Å². The third-order valence-electron chi connectivity index (χ3n) is 3.25. The van der Waals surface area contributed by atoms with E-state index in [2.05, 4.69) is 0 Å². The summed E-state index contributed by atoms with van der Waals surface area (Å²) in [5.74, 6) is 0.0771. The van der Waals surface area contributed by atoms with E-state index in [0.717, 1.165) is 24.0 Å². The lowest BCUT2D eigenvalue weighted by molar-refractivity contribution is 0.111. The van der Waals surface area contributed by atoms with Crippen LogP contribution in [0.5, 0.6) is 0 Å². The van der Waals surface area contributed by atoms with E-state index in [1.54, 1.807) is 0 Å². The second-order valence-corrected chi connectivity index (χ2v) is 4.55. The first-order chi connectivity index (χ1) is 7.16. The lowest BCUT2D eigenvalue weighted by Crippen LogP contribution is -2.09. The molecule has 0 spiro atoms. The Balaban J connectivity index is 2.20. The van der Waals surface area contributed by atoms with Gasteiger partial charge in [-0.15, -0.1) is 0 Å². The summed E-state index contributed by atoms with van der Waals surface area (Å²) in [7, 11) is 0. The van der Waals surface area contributed by atoms with Crippen molar-refractivity contribution in [1.29, 1.82) is 0 Å². The molecule has 1 nitrogen and oxygen atoms in total. The first kappa shape index (κ1) is 10.6. The summed E-state index contributed by atoms with van der Waals surface area (Å²) in [5, 5.41) is 10.1. The maximum Gasteiger partial charge on any atom is 0.123 e. The fourth-order valence-corrected chi connectivity index (χ4v) is 2.48. The Morgan fingerprint density at radius 3 is 2.53 bits per heavy atom. The zero-order valence-electron chi connectivity index (χ0n) is 9.04. The molecule has 0 amide bonds. The summed E-state index contributed by atoms with van der Waals surface area (Å²) in [6, 6.07) is 4.83. The van der Waals surface area contributed by atoms with Crippen LogP contribution < -0.4 is 0 Å². The molecule has 0 saturated heterocycles. The highest BCUT2D eigenvalue weighted by molar-refractivity contribution is 5.25. The molecule has 0 aromatic heterocycles. The Kier molecular flexibility index (Phi) is 3.06. The Morgan fingerprint density at radius 1 is 1.27 bits per heavy atom. The molecule has 1 aromatic rings. The van der Waals surface area contributed by atoms with E-state index in [1.165, 1.54) is 25.0 Å². The molecule has 1 aromatic carbocycles. The molecule has 2 rings (SSSR count). The number of rotatable bonds is 2. The normalized spacial score (nSPS) is 19.4. The third kappa shape index (κ3) is 2.37. The molecule has 0 heterocycles. The van der Waals surface area contributed by atoms with Crippen LogP contribution in [-0.4, -0.2) is 5.11 Å². The minimum Gasteiger partial charge on any atom is -0.388 e. The predicted molar refractivity (Wildman–Crippen MR) is 58.1 cm³/mol. The Bertz CT molecular complexity index is 322. The van der Waals surface area contributed by atoms with Gasteiger partial charge in [-0.05, 0) is 48.9 Å². The van der Waals surface area contributed by atoms with Crippen molar-refractivity contribution >= 4 is 0 Å². The van der Waals surface area contributed by atoms with Crippen molar-refractivity contribution in [1.82, 2.24) is 0 Å². The van der Waals surface area contributed by atoms with Crippen molar-refractivity contribution in [3.63, 3.8) is 0 Å². The standard InChI is InChI=1S/C13H17FO/c1-9-6-11(8-12(14)7-9)13(15)10-4-2-3-5-10/h6-8,10,13,15H,2-5H2,1H3/t13-/m1/s1. The van der Waals surface area contributed by atoms with Gasteiger partial charge < -0.3 is 5.11 Å². The number of halogens is 1. The molecule has 1 aliphatic carbocycles. The van der Waals surface area contributed by atoms with E-state index in [-0.39, 0.29) is 5.82 Å². The van der Waals surface area contributed by atoms with Crippen LogP contribution in [0.2, 0.25) is 0 Å². The molecule has 1 saturated carbocycles. The van der Waals surface area contributed by atoms with Gasteiger partial charge in [0.1, 0.15) is 5.82 Å². The van der Waals surface area contributed by atoms with Crippen molar-refractivity contribution in [2.24, 2.45) is 5.92 Å². The van der Waals surface area contributed by atoms with Gasteiger partial charge in [-0.25, -0.2) is 4.39 Å². The van der Waals surface area contributed by atoms with Gasteiger partial charge in [0.25, 0.3) is 0 Å². The predicted octanol–water partition coefficient (Wildman–Crippen LogP) is 3.36. The Morgan fingerprint density at radius 2 is 1.93 bits per heavy atom. The molecular weight excluding hydrogens is 191 g/mol. The summed E-state index contributed by atoms with van der Waals surface area (Å²) < 4.78 is 13.2. The molecule has 15 heavy (non-hydrogen) atoms. The summed E-state index contributed by atoms with van der Waals surface area (Å²) in [5.41, 5.74) is 1.61. The minimum absolute atomic E-state index is 0.248. The largest absolute Gasteiger partial charge is 0.388 e. The molecule has 1 fully saturated rings. The van der Waals surface area contributed by atoms with Gasteiger partial charge in [-0.2, -0.15) is 0 Å². The Labute approximate surface area is 89.9 Å². The molecule has 2 heteroatoms. The lowest BCUT2D eigenvalue weighted by Gasteiger charge is -2.18. The molecular formula is C13H17FO. The molecule has 0 bridgehead atoms. The molecule has 0 unspecified atom stereocenters. The Hall–Kier alpha value is -0.890. The van der Waals surface area contributed by atoms with Crippen molar-refractivity contribution in [2.45, 2.75) is 38.7 Å². The van der Waals surface area contributed by atoms with E-state index in [4.69, 9.17) is 0 Å². The SMILES string of the molecule is Cc1cc(F)cc([C@H](O)C2CCCC2)c1. The average Bonchev–Trinajstić information content (AvgIpc) is 2.67. The van der Waals surface area contributed by atoms with Crippen molar-refractivity contribution in [3.8, 4) is 0 Å². The first-order valence-corrected chi connectivity index (χ1v) is 5.62. The van der Waals surface area contributed by atoms with E-state index < -0.39 is 6.10 Å². The number of hydrogen-bond acceptors (Lipinski definition) is 1.